The first-order valence-corrected chi connectivity index (χ1v) is 24.4. The van der Waals surface area contributed by atoms with Crippen LogP contribution in [0.4, 0.5) is 22.7 Å². The molecule has 0 bridgehead atoms. The zero-order valence-electron chi connectivity index (χ0n) is 37.3. The van der Waals surface area contributed by atoms with Crippen molar-refractivity contribution in [3.8, 4) is 44.5 Å². The van der Waals surface area contributed by atoms with Crippen LogP contribution in [0.3, 0.4) is 0 Å². The van der Waals surface area contributed by atoms with Crippen molar-refractivity contribution in [3.63, 3.8) is 0 Å². The number of hydrogen-bond acceptors (Lipinski definition) is 4. The molecule has 60 heavy (non-hydrogen) atoms. The van der Waals surface area contributed by atoms with Crippen molar-refractivity contribution in [3.05, 3.63) is 97.1 Å². The topological polar surface area (TPSA) is 13.0 Å². The number of unbranched alkanes of at least 4 members (excludes halogenated alkanes) is 12. The van der Waals surface area contributed by atoms with Gasteiger partial charge in [0.15, 0.2) is 0 Å². The Bertz CT molecular complexity index is 2110. The molecule has 0 aliphatic carbocycles. The molecule has 9 rings (SSSR count). The molecule has 0 aromatic heterocycles. The molecule has 0 unspecified atom stereocenters. The summed E-state index contributed by atoms with van der Waals surface area (Å²) >= 11 is 0. The van der Waals surface area contributed by atoms with Gasteiger partial charge in [0.1, 0.15) is 0 Å². The molecule has 0 amide bonds. The van der Waals surface area contributed by atoms with Gasteiger partial charge in [-0.15, -0.1) is 0 Å². The Balaban J connectivity index is 1.25. The average molecular weight is 795 g/mol. The number of benzene rings is 5. The third kappa shape index (κ3) is 7.34. The lowest BCUT2D eigenvalue weighted by Crippen LogP contribution is -2.66. The van der Waals surface area contributed by atoms with Gasteiger partial charge in [-0.05, 0) is 83.1 Å². The van der Waals surface area contributed by atoms with E-state index < -0.39 is 0 Å². The zero-order chi connectivity index (χ0) is 41.0. The largest absolute Gasteiger partial charge is 0.412 e. The van der Waals surface area contributed by atoms with Crippen LogP contribution in [0, 0.1) is 0 Å². The molecule has 4 aliphatic heterocycles. The Hall–Kier alpha value is -4.57. The summed E-state index contributed by atoms with van der Waals surface area (Å²) in [5.74, 6) is 0. The SMILES string of the molecule is CCCCCCN1B2c3c(cccc3-c3cc4c(cc3N2CCCCCC)-c2cccc3c2B(N(CCCCCC)c2ccccc2-3)N4CCCCCC)-c2ccccc21. The summed E-state index contributed by atoms with van der Waals surface area (Å²) in [6, 6.07) is 38.4. The quantitative estimate of drug-likeness (QED) is 0.0575. The first kappa shape index (κ1) is 40.8. The van der Waals surface area contributed by atoms with Gasteiger partial charge in [-0.1, -0.05) is 178 Å². The number of nitrogens with zero attached hydrogens (tertiary/aromatic N) is 4. The molecule has 5 aromatic rings. The Morgan fingerprint density at radius 3 is 0.950 bits per heavy atom. The summed E-state index contributed by atoms with van der Waals surface area (Å²) in [4.78, 5) is 11.4. The highest BCUT2D eigenvalue weighted by molar-refractivity contribution is 6.85. The lowest BCUT2D eigenvalue weighted by atomic mass is 9.52. The summed E-state index contributed by atoms with van der Waals surface area (Å²) in [6.07, 6.45) is 20.2. The molecule has 0 spiro atoms. The number of anilines is 4. The molecule has 4 heterocycles. The van der Waals surface area contributed by atoms with E-state index in [2.05, 4.69) is 144 Å². The average Bonchev–Trinajstić information content (AvgIpc) is 3.29. The number of para-hydroxylation sites is 2. The third-order valence-electron chi connectivity index (χ3n) is 14.2. The summed E-state index contributed by atoms with van der Waals surface area (Å²) in [5, 5.41) is 0. The highest BCUT2D eigenvalue weighted by Gasteiger charge is 2.48. The predicted molar refractivity (Wildman–Crippen MR) is 265 cm³/mol. The Labute approximate surface area is 363 Å². The Morgan fingerprint density at radius 1 is 0.300 bits per heavy atom. The van der Waals surface area contributed by atoms with Crippen molar-refractivity contribution in [1.29, 1.82) is 0 Å². The van der Waals surface area contributed by atoms with Crippen LogP contribution in [0.1, 0.15) is 130 Å². The lowest BCUT2D eigenvalue weighted by molar-refractivity contribution is 0.663. The molecule has 0 N–H and O–H groups in total. The maximum Gasteiger partial charge on any atom is 0.412 e. The van der Waals surface area contributed by atoms with Gasteiger partial charge < -0.3 is 19.2 Å². The van der Waals surface area contributed by atoms with Crippen LogP contribution in [-0.4, -0.2) is 40.1 Å². The fraction of sp³-hybridized carbons (Fsp3) is 0.444. The fourth-order valence-corrected chi connectivity index (χ4v) is 11.3. The Morgan fingerprint density at radius 2 is 0.600 bits per heavy atom. The molecule has 6 heteroatoms. The summed E-state index contributed by atoms with van der Waals surface area (Å²) in [7, 11) is 0. The molecule has 0 radical (unpaired) electrons. The summed E-state index contributed by atoms with van der Waals surface area (Å²) in [6.45, 7) is 14.0. The van der Waals surface area contributed by atoms with Crippen molar-refractivity contribution in [2.24, 2.45) is 0 Å². The molecule has 0 fully saturated rings. The minimum absolute atomic E-state index is 0.177. The molecular formula is C54H68B2N4. The predicted octanol–water partition coefficient (Wildman–Crippen LogP) is 13.3. The number of rotatable bonds is 20. The molecule has 4 nitrogen and oxygen atoms in total. The van der Waals surface area contributed by atoms with E-state index in [9.17, 15) is 0 Å². The van der Waals surface area contributed by atoms with Gasteiger partial charge in [0.05, 0.1) is 0 Å². The van der Waals surface area contributed by atoms with Crippen LogP contribution in [0.2, 0.25) is 0 Å². The molecule has 5 aromatic carbocycles. The van der Waals surface area contributed by atoms with Crippen LogP contribution < -0.4 is 30.2 Å². The minimum atomic E-state index is 0.177. The van der Waals surface area contributed by atoms with E-state index >= 15 is 0 Å². The number of fused-ring (bicyclic) bond motifs is 8. The smallest absolute Gasteiger partial charge is 0.391 e. The lowest BCUT2D eigenvalue weighted by Gasteiger charge is -2.50. The van der Waals surface area contributed by atoms with E-state index in [1.165, 1.54) is 181 Å². The monoisotopic (exact) mass is 795 g/mol. The van der Waals surface area contributed by atoms with Crippen molar-refractivity contribution in [1.82, 2.24) is 0 Å². The van der Waals surface area contributed by atoms with Gasteiger partial charge in [0, 0.05) is 71.2 Å². The van der Waals surface area contributed by atoms with E-state index in [4.69, 9.17) is 0 Å². The molecule has 0 saturated heterocycles. The van der Waals surface area contributed by atoms with E-state index in [0.717, 1.165) is 26.2 Å². The van der Waals surface area contributed by atoms with E-state index in [-0.39, 0.29) is 14.0 Å². The van der Waals surface area contributed by atoms with Gasteiger partial charge in [0.25, 0.3) is 0 Å². The van der Waals surface area contributed by atoms with E-state index in [0.29, 0.717) is 0 Å². The highest BCUT2D eigenvalue weighted by Crippen LogP contribution is 2.51. The first-order chi connectivity index (χ1) is 29.7. The zero-order valence-corrected chi connectivity index (χ0v) is 37.3. The van der Waals surface area contributed by atoms with E-state index in [1.54, 1.807) is 0 Å². The van der Waals surface area contributed by atoms with Crippen LogP contribution in [0.5, 0.6) is 0 Å². The van der Waals surface area contributed by atoms with Crippen LogP contribution in [0.15, 0.2) is 97.1 Å². The molecule has 0 saturated carbocycles. The summed E-state index contributed by atoms with van der Waals surface area (Å²) < 4.78 is 0. The molecule has 0 atom stereocenters. The second kappa shape index (κ2) is 18.6. The van der Waals surface area contributed by atoms with Crippen LogP contribution in [-0.2, 0) is 0 Å². The van der Waals surface area contributed by atoms with Gasteiger partial charge in [0.2, 0.25) is 0 Å². The van der Waals surface area contributed by atoms with Crippen LogP contribution >= 0.6 is 0 Å². The summed E-state index contributed by atoms with van der Waals surface area (Å²) in [5.41, 5.74) is 20.0. The van der Waals surface area contributed by atoms with Crippen molar-refractivity contribution in [2.75, 3.05) is 45.4 Å². The minimum Gasteiger partial charge on any atom is -0.391 e. The maximum atomic E-state index is 2.87. The van der Waals surface area contributed by atoms with Crippen molar-refractivity contribution < 1.29 is 0 Å². The first-order valence-electron chi connectivity index (χ1n) is 24.4. The van der Waals surface area contributed by atoms with Crippen LogP contribution in [0.25, 0.3) is 44.5 Å². The van der Waals surface area contributed by atoms with Gasteiger partial charge in [-0.3, -0.25) is 0 Å². The molecule has 310 valence electrons. The van der Waals surface area contributed by atoms with Gasteiger partial charge in [-0.2, -0.15) is 0 Å². The van der Waals surface area contributed by atoms with Crippen molar-refractivity contribution in [2.45, 2.75) is 130 Å². The molecular weight excluding hydrogens is 726 g/mol. The van der Waals surface area contributed by atoms with Crippen molar-refractivity contribution >= 4 is 47.6 Å². The Kier molecular flexibility index (Phi) is 12.6. The maximum absolute atomic E-state index is 2.87. The number of hydrogen-bond donors (Lipinski definition) is 0. The molecule has 4 aliphatic rings. The highest BCUT2D eigenvalue weighted by atomic mass is 15.3. The van der Waals surface area contributed by atoms with E-state index in [1.807, 2.05) is 0 Å². The normalized spacial score (nSPS) is 14.1. The van der Waals surface area contributed by atoms with Gasteiger partial charge >= 0.3 is 14.0 Å². The second-order valence-electron chi connectivity index (χ2n) is 18.2. The third-order valence-corrected chi connectivity index (χ3v) is 14.2. The van der Waals surface area contributed by atoms with Gasteiger partial charge in [-0.25, -0.2) is 0 Å². The fourth-order valence-electron chi connectivity index (χ4n) is 11.3. The standard InChI is InChI=1S/C54H68B2N4/c1-5-9-13-21-35-57-49-33-19-17-27-41(49)43-29-25-31-45-47-40-52-48(39-51(47)59(55(57)53(43)45)37-23-15-11-7-3)46-32-26-30-44-42-28-18-20-34-50(42)58(36-22-14-10-6-2)56(54(44)46)60(52)38-24-16-12-8-4/h17-20,25-34,39-40H,5-16,21-24,35-38H2,1-4H3. The second-order valence-corrected chi connectivity index (χ2v) is 18.2.